The molecule has 0 atom stereocenters. The normalized spacial score (nSPS) is 12.1. The Morgan fingerprint density at radius 2 is 1.50 bits per heavy atom. The van der Waals surface area contributed by atoms with E-state index in [1.165, 1.54) is 0 Å². The molecule has 5 nitrogen and oxygen atoms in total. The molecule has 0 unspecified atom stereocenters. The molecule has 0 amide bonds. The Kier molecular flexibility index (Phi) is 5.28. The van der Waals surface area contributed by atoms with Crippen LogP contribution >= 0.6 is 0 Å². The Balaban J connectivity index is 2.10. The van der Waals surface area contributed by atoms with Gasteiger partial charge in [-0.1, -0.05) is 42.5 Å². The molecule has 0 saturated carbocycles. The first-order valence-electron chi connectivity index (χ1n) is 8.91. The van der Waals surface area contributed by atoms with Crippen molar-refractivity contribution in [2.45, 2.75) is 38.1 Å². The quantitative estimate of drug-likeness (QED) is 0.710. The van der Waals surface area contributed by atoms with Crippen LogP contribution in [0.5, 0.6) is 0 Å². The van der Waals surface area contributed by atoms with E-state index < -0.39 is 21.2 Å². The SMILES string of the molecule is Cc1cc(-c2ccc(S(=O)(=O)NC(C)(C)C)cc2)c(-c2ccccc2)c(=O)o1. The van der Waals surface area contributed by atoms with Gasteiger partial charge in [0.15, 0.2) is 0 Å². The highest BCUT2D eigenvalue weighted by molar-refractivity contribution is 7.89. The van der Waals surface area contributed by atoms with Gasteiger partial charge in [-0.15, -0.1) is 0 Å². The fourth-order valence-corrected chi connectivity index (χ4v) is 4.41. The van der Waals surface area contributed by atoms with E-state index in [2.05, 4.69) is 4.72 Å². The van der Waals surface area contributed by atoms with Gasteiger partial charge in [0.05, 0.1) is 10.5 Å². The average molecular weight is 397 g/mol. The fraction of sp³-hybridized carbons (Fsp3) is 0.227. The topological polar surface area (TPSA) is 76.4 Å². The second-order valence-electron chi connectivity index (χ2n) is 7.68. The van der Waals surface area contributed by atoms with Crippen LogP contribution in [0, 0.1) is 6.92 Å². The maximum absolute atomic E-state index is 12.5. The van der Waals surface area contributed by atoms with Gasteiger partial charge in [0.25, 0.3) is 0 Å². The van der Waals surface area contributed by atoms with Crippen molar-refractivity contribution in [1.82, 2.24) is 4.72 Å². The minimum Gasteiger partial charge on any atom is -0.428 e. The summed E-state index contributed by atoms with van der Waals surface area (Å²) in [6, 6.07) is 17.6. The molecule has 28 heavy (non-hydrogen) atoms. The number of benzene rings is 2. The van der Waals surface area contributed by atoms with E-state index in [1.807, 2.05) is 30.3 Å². The summed E-state index contributed by atoms with van der Waals surface area (Å²) in [6.07, 6.45) is 0. The number of rotatable bonds is 4. The van der Waals surface area contributed by atoms with Gasteiger partial charge >= 0.3 is 5.63 Å². The van der Waals surface area contributed by atoms with E-state index in [1.54, 1.807) is 58.0 Å². The molecule has 0 aliphatic carbocycles. The molecule has 0 spiro atoms. The molecule has 2 aromatic carbocycles. The number of aryl methyl sites for hydroxylation is 1. The van der Waals surface area contributed by atoms with E-state index in [0.717, 1.165) is 11.1 Å². The van der Waals surface area contributed by atoms with Gasteiger partial charge in [-0.25, -0.2) is 17.9 Å². The van der Waals surface area contributed by atoms with Gasteiger partial charge in [-0.05, 0) is 57.0 Å². The lowest BCUT2D eigenvalue weighted by atomic mass is 9.96. The zero-order valence-electron chi connectivity index (χ0n) is 16.3. The van der Waals surface area contributed by atoms with E-state index >= 15 is 0 Å². The molecule has 3 rings (SSSR count). The maximum atomic E-state index is 12.5. The molecule has 3 aromatic rings. The number of nitrogens with one attached hydrogen (secondary N) is 1. The van der Waals surface area contributed by atoms with Crippen molar-refractivity contribution < 1.29 is 12.8 Å². The lowest BCUT2D eigenvalue weighted by Gasteiger charge is -2.20. The summed E-state index contributed by atoms with van der Waals surface area (Å²) in [4.78, 5) is 12.7. The molecule has 0 aliphatic rings. The van der Waals surface area contributed by atoms with Gasteiger partial charge in [0.1, 0.15) is 5.76 Å². The highest BCUT2D eigenvalue weighted by atomic mass is 32.2. The Morgan fingerprint density at radius 3 is 2.07 bits per heavy atom. The largest absolute Gasteiger partial charge is 0.428 e. The molecule has 146 valence electrons. The van der Waals surface area contributed by atoms with Crippen LogP contribution in [-0.4, -0.2) is 14.0 Å². The van der Waals surface area contributed by atoms with Gasteiger partial charge in [0, 0.05) is 11.1 Å². The first-order chi connectivity index (χ1) is 13.1. The number of sulfonamides is 1. The number of hydrogen-bond donors (Lipinski definition) is 1. The van der Waals surface area contributed by atoms with E-state index in [4.69, 9.17) is 4.42 Å². The van der Waals surface area contributed by atoms with Gasteiger partial charge in [0.2, 0.25) is 10.0 Å². The Morgan fingerprint density at radius 1 is 0.893 bits per heavy atom. The average Bonchev–Trinajstić information content (AvgIpc) is 2.60. The Hall–Kier alpha value is -2.70. The minimum absolute atomic E-state index is 0.173. The highest BCUT2D eigenvalue weighted by Crippen LogP contribution is 2.31. The van der Waals surface area contributed by atoms with Crippen molar-refractivity contribution in [3.8, 4) is 22.3 Å². The predicted octanol–water partition coefficient (Wildman–Crippen LogP) is 4.36. The lowest BCUT2D eigenvalue weighted by Crippen LogP contribution is -2.40. The molecule has 0 bridgehead atoms. The summed E-state index contributed by atoms with van der Waals surface area (Å²) in [5.74, 6) is 0.491. The van der Waals surface area contributed by atoms with E-state index in [-0.39, 0.29) is 4.90 Å². The summed E-state index contributed by atoms with van der Waals surface area (Å²) < 4.78 is 33.0. The summed E-state index contributed by atoms with van der Waals surface area (Å²) in [5.41, 5.74) is 1.64. The molecule has 0 fully saturated rings. The predicted molar refractivity (Wildman–Crippen MR) is 111 cm³/mol. The van der Waals surface area contributed by atoms with Crippen molar-refractivity contribution in [2.24, 2.45) is 0 Å². The van der Waals surface area contributed by atoms with Crippen LogP contribution in [0.25, 0.3) is 22.3 Å². The third-order valence-electron chi connectivity index (χ3n) is 4.05. The summed E-state index contributed by atoms with van der Waals surface area (Å²) in [5, 5.41) is 0. The van der Waals surface area contributed by atoms with Crippen LogP contribution in [-0.2, 0) is 10.0 Å². The molecule has 1 aromatic heterocycles. The Bertz CT molecular complexity index is 1140. The Labute approximate surface area is 165 Å². The van der Waals surface area contributed by atoms with Crippen molar-refractivity contribution in [3.05, 3.63) is 76.8 Å². The third kappa shape index (κ3) is 4.40. The van der Waals surface area contributed by atoms with Crippen molar-refractivity contribution in [1.29, 1.82) is 0 Å². The molecule has 1 heterocycles. The van der Waals surface area contributed by atoms with E-state index in [9.17, 15) is 13.2 Å². The molecule has 6 heteroatoms. The standard InChI is InChI=1S/C22H23NO4S/c1-15-14-19(20(21(24)27-15)17-8-6-5-7-9-17)16-10-12-18(13-11-16)28(25,26)23-22(2,3)4/h5-14,23H,1-4H3. The molecule has 1 N–H and O–H groups in total. The highest BCUT2D eigenvalue weighted by Gasteiger charge is 2.22. The second kappa shape index (κ2) is 7.37. The van der Waals surface area contributed by atoms with Gasteiger partial charge < -0.3 is 4.42 Å². The maximum Gasteiger partial charge on any atom is 0.344 e. The van der Waals surface area contributed by atoms with Crippen LogP contribution in [0.4, 0.5) is 0 Å². The zero-order chi connectivity index (χ0) is 20.5. The fourth-order valence-electron chi connectivity index (χ4n) is 2.99. The van der Waals surface area contributed by atoms with Crippen LogP contribution in [0.2, 0.25) is 0 Å². The minimum atomic E-state index is -3.63. The van der Waals surface area contributed by atoms with Crippen molar-refractivity contribution in [2.75, 3.05) is 0 Å². The molecule has 0 aliphatic heterocycles. The summed E-state index contributed by atoms with van der Waals surface area (Å²) in [6.45, 7) is 7.08. The second-order valence-corrected chi connectivity index (χ2v) is 9.36. The van der Waals surface area contributed by atoms with Gasteiger partial charge in [-0.2, -0.15) is 0 Å². The zero-order valence-corrected chi connectivity index (χ0v) is 17.1. The smallest absolute Gasteiger partial charge is 0.344 e. The molecular weight excluding hydrogens is 374 g/mol. The molecule has 0 saturated heterocycles. The monoisotopic (exact) mass is 397 g/mol. The third-order valence-corrected chi connectivity index (χ3v) is 5.83. The van der Waals surface area contributed by atoms with Crippen LogP contribution in [0.15, 0.2) is 74.8 Å². The van der Waals surface area contributed by atoms with Crippen molar-refractivity contribution in [3.63, 3.8) is 0 Å². The van der Waals surface area contributed by atoms with E-state index in [0.29, 0.717) is 16.9 Å². The van der Waals surface area contributed by atoms with Gasteiger partial charge in [-0.3, -0.25) is 0 Å². The molecular formula is C22H23NO4S. The number of hydrogen-bond acceptors (Lipinski definition) is 4. The first kappa shape index (κ1) is 20.0. The summed E-state index contributed by atoms with van der Waals surface area (Å²) in [7, 11) is -3.63. The van der Waals surface area contributed by atoms with Crippen molar-refractivity contribution >= 4 is 10.0 Å². The first-order valence-corrected chi connectivity index (χ1v) is 10.4. The summed E-state index contributed by atoms with van der Waals surface area (Å²) >= 11 is 0. The lowest BCUT2D eigenvalue weighted by molar-refractivity contribution is 0.483. The van der Waals surface area contributed by atoms with Crippen LogP contribution in [0.3, 0.4) is 0 Å². The molecule has 0 radical (unpaired) electrons. The van der Waals surface area contributed by atoms with Crippen LogP contribution in [0.1, 0.15) is 26.5 Å². The van der Waals surface area contributed by atoms with Crippen LogP contribution < -0.4 is 10.3 Å².